The molecule has 0 saturated carbocycles. The van der Waals surface area contributed by atoms with Gasteiger partial charge in [-0.1, -0.05) is 13.8 Å². The van der Waals surface area contributed by atoms with Crippen LogP contribution in [0.25, 0.3) is 0 Å². The van der Waals surface area contributed by atoms with Crippen molar-refractivity contribution in [1.29, 1.82) is 0 Å². The van der Waals surface area contributed by atoms with Crippen molar-refractivity contribution in [3.05, 3.63) is 0 Å². The molecule has 1 heterocycles. The highest BCUT2D eigenvalue weighted by Crippen LogP contribution is 2.16. The van der Waals surface area contributed by atoms with Gasteiger partial charge in [-0.3, -0.25) is 9.00 Å². The Bertz CT molecular complexity index is 281. The Balaban J connectivity index is 2.19. The van der Waals surface area contributed by atoms with Crippen molar-refractivity contribution in [3.8, 4) is 0 Å². The maximum Gasteiger partial charge on any atom is 0.222 e. The van der Waals surface area contributed by atoms with E-state index >= 15 is 0 Å². The summed E-state index contributed by atoms with van der Waals surface area (Å²) in [6.45, 7) is 4.38. The van der Waals surface area contributed by atoms with Crippen molar-refractivity contribution < 1.29 is 9.00 Å². The monoisotopic (exact) mass is 203 g/mol. The van der Waals surface area contributed by atoms with E-state index in [4.69, 9.17) is 0 Å². The first-order valence-corrected chi connectivity index (χ1v) is 6.57. The fourth-order valence-corrected chi connectivity index (χ4v) is 3.23. The van der Waals surface area contributed by atoms with E-state index < -0.39 is 9.52 Å². The molecule has 1 rings (SSSR count). The molecule has 0 unspecified atom stereocenters. The van der Waals surface area contributed by atoms with Gasteiger partial charge in [0.25, 0.3) is 0 Å². The number of rotatable bonds is 3. The summed E-state index contributed by atoms with van der Waals surface area (Å²) in [7, 11) is -1.75. The molecule has 1 saturated heterocycles. The van der Waals surface area contributed by atoms with Crippen molar-refractivity contribution in [2.75, 3.05) is 18.1 Å². The molecule has 0 aromatic carbocycles. The van der Waals surface area contributed by atoms with Crippen LogP contribution in [0.3, 0.4) is 0 Å². The van der Waals surface area contributed by atoms with E-state index in [1.165, 1.54) is 0 Å². The predicted molar refractivity (Wildman–Crippen MR) is 56.3 cm³/mol. The van der Waals surface area contributed by atoms with Gasteiger partial charge in [-0.15, -0.1) is 0 Å². The molecule has 1 N–H and O–H groups in total. The van der Waals surface area contributed by atoms with E-state index in [2.05, 4.69) is 11.2 Å². The van der Waals surface area contributed by atoms with Gasteiger partial charge >= 0.3 is 0 Å². The minimum Gasteiger partial charge on any atom is -0.356 e. The molecule has 1 fully saturated rings. The molecule has 1 amide bonds. The largest absolute Gasteiger partial charge is 0.356 e. The summed E-state index contributed by atoms with van der Waals surface area (Å²) in [5.41, 5.74) is 0. The molecule has 13 heavy (non-hydrogen) atoms. The minimum absolute atomic E-state index is 0.0317. The standard InChI is InChI=1S/C9H17NO2S/c1-7(2)9(11)10-4-8-5-13(3,12)6-8/h7-8H,3-6H2,1-2H3,(H,10,11). The average Bonchev–Trinajstić information content (AvgIpc) is 1.95. The molecule has 0 bridgehead atoms. The Morgan fingerprint density at radius 3 is 2.54 bits per heavy atom. The van der Waals surface area contributed by atoms with Gasteiger partial charge in [0.2, 0.25) is 5.91 Å². The number of hydrogen-bond acceptors (Lipinski definition) is 2. The maximum absolute atomic E-state index is 11.2. The van der Waals surface area contributed by atoms with Crippen LogP contribution in [0.1, 0.15) is 13.8 Å². The first-order valence-electron chi connectivity index (χ1n) is 4.51. The molecule has 0 atom stereocenters. The van der Waals surface area contributed by atoms with Gasteiger partial charge < -0.3 is 5.32 Å². The second-order valence-electron chi connectivity index (χ2n) is 4.07. The molecule has 76 valence electrons. The van der Waals surface area contributed by atoms with Crippen LogP contribution in [-0.2, 0) is 14.3 Å². The average molecular weight is 203 g/mol. The number of carbonyl (C=O) groups excluding carboxylic acids is 1. The van der Waals surface area contributed by atoms with Crippen molar-refractivity contribution in [1.82, 2.24) is 5.32 Å². The molecule has 0 radical (unpaired) electrons. The highest BCUT2D eigenvalue weighted by Gasteiger charge is 2.28. The topological polar surface area (TPSA) is 46.2 Å². The minimum atomic E-state index is -1.75. The fraction of sp³-hybridized carbons (Fsp3) is 0.778. The Kier molecular flexibility index (Phi) is 3.01. The van der Waals surface area contributed by atoms with Crippen LogP contribution in [0, 0.1) is 11.8 Å². The normalized spacial score (nSPS) is 32.7. The van der Waals surface area contributed by atoms with Crippen LogP contribution in [0.15, 0.2) is 0 Å². The first kappa shape index (κ1) is 10.6. The van der Waals surface area contributed by atoms with E-state index in [1.54, 1.807) is 0 Å². The van der Waals surface area contributed by atoms with Gasteiger partial charge in [0.15, 0.2) is 0 Å². The third kappa shape index (κ3) is 3.03. The lowest BCUT2D eigenvalue weighted by molar-refractivity contribution is -0.124. The Morgan fingerprint density at radius 2 is 2.15 bits per heavy atom. The molecular weight excluding hydrogens is 186 g/mol. The highest BCUT2D eigenvalue weighted by molar-refractivity contribution is 8.01. The lowest BCUT2D eigenvalue weighted by Crippen LogP contribution is -2.44. The molecule has 1 aliphatic heterocycles. The molecule has 0 aromatic heterocycles. The summed E-state index contributed by atoms with van der Waals surface area (Å²) in [6.07, 6.45) is 0. The van der Waals surface area contributed by atoms with E-state index in [0.29, 0.717) is 24.0 Å². The molecule has 1 aliphatic rings. The number of amides is 1. The van der Waals surface area contributed by atoms with Gasteiger partial charge in [-0.25, -0.2) is 0 Å². The number of nitrogens with one attached hydrogen (secondary N) is 1. The zero-order valence-electron chi connectivity index (χ0n) is 8.21. The van der Waals surface area contributed by atoms with E-state index in [-0.39, 0.29) is 11.8 Å². The molecular formula is C9H17NO2S. The Labute approximate surface area is 79.9 Å². The number of hydrogen-bond donors (Lipinski definition) is 1. The van der Waals surface area contributed by atoms with Gasteiger partial charge in [0.1, 0.15) is 0 Å². The third-order valence-electron chi connectivity index (χ3n) is 2.17. The van der Waals surface area contributed by atoms with Crippen LogP contribution in [-0.4, -0.2) is 34.0 Å². The predicted octanol–water partition coefficient (Wildman–Crippen LogP) is 0.105. The van der Waals surface area contributed by atoms with E-state index in [0.717, 1.165) is 0 Å². The van der Waals surface area contributed by atoms with Gasteiger partial charge in [-0.05, 0) is 21.3 Å². The summed E-state index contributed by atoms with van der Waals surface area (Å²) < 4.78 is 11.2. The Morgan fingerprint density at radius 1 is 1.62 bits per heavy atom. The van der Waals surface area contributed by atoms with Crippen LogP contribution < -0.4 is 5.32 Å². The van der Waals surface area contributed by atoms with Crippen LogP contribution in [0.2, 0.25) is 0 Å². The molecule has 4 heteroatoms. The lowest BCUT2D eigenvalue weighted by atomic mass is 10.1. The van der Waals surface area contributed by atoms with Crippen molar-refractivity contribution in [2.45, 2.75) is 13.8 Å². The second-order valence-corrected chi connectivity index (χ2v) is 6.66. The molecule has 0 aromatic rings. The quantitative estimate of drug-likeness (QED) is 0.662. The third-order valence-corrected chi connectivity index (χ3v) is 4.33. The molecule has 0 aliphatic carbocycles. The molecule has 3 nitrogen and oxygen atoms in total. The smallest absolute Gasteiger partial charge is 0.222 e. The summed E-state index contributed by atoms with van der Waals surface area (Å²) in [5.74, 6) is 5.43. The van der Waals surface area contributed by atoms with Gasteiger partial charge in [0, 0.05) is 24.0 Å². The maximum atomic E-state index is 11.2. The fourth-order valence-electron chi connectivity index (χ4n) is 1.38. The number of carbonyl (C=O) groups is 1. The SMILES string of the molecule is C=S1(=O)CC(CNC(=O)C(C)C)C1. The van der Waals surface area contributed by atoms with Crippen molar-refractivity contribution in [2.24, 2.45) is 11.8 Å². The highest BCUT2D eigenvalue weighted by atomic mass is 32.2. The van der Waals surface area contributed by atoms with Crippen molar-refractivity contribution >= 4 is 21.3 Å². The van der Waals surface area contributed by atoms with Crippen LogP contribution in [0.5, 0.6) is 0 Å². The zero-order valence-corrected chi connectivity index (χ0v) is 9.02. The second kappa shape index (κ2) is 3.70. The first-order chi connectivity index (χ1) is 5.91. The Hall–Kier alpha value is -0.510. The van der Waals surface area contributed by atoms with Crippen LogP contribution >= 0.6 is 0 Å². The van der Waals surface area contributed by atoms with Crippen LogP contribution in [0.4, 0.5) is 0 Å². The van der Waals surface area contributed by atoms with Crippen molar-refractivity contribution in [3.63, 3.8) is 0 Å². The van der Waals surface area contributed by atoms with Gasteiger partial charge in [0.05, 0.1) is 0 Å². The summed E-state index contributed by atoms with van der Waals surface area (Å²) in [6, 6.07) is 0. The lowest BCUT2D eigenvalue weighted by Gasteiger charge is -2.30. The summed E-state index contributed by atoms with van der Waals surface area (Å²) in [5, 5.41) is 2.83. The van der Waals surface area contributed by atoms with E-state index in [9.17, 15) is 9.00 Å². The van der Waals surface area contributed by atoms with E-state index in [1.807, 2.05) is 13.8 Å². The molecule has 0 spiro atoms. The van der Waals surface area contributed by atoms with Gasteiger partial charge in [-0.2, -0.15) is 0 Å². The summed E-state index contributed by atoms with van der Waals surface area (Å²) >= 11 is 0. The zero-order chi connectivity index (χ0) is 10.1. The summed E-state index contributed by atoms with van der Waals surface area (Å²) in [4.78, 5) is 11.2.